The largest absolute Gasteiger partial charge is 0.377 e. The SMILES string of the molecule is CC1CN(S(=O)(=O)c2ccc(CN)cn2)CCCO1. The third-order valence-electron chi connectivity index (χ3n) is 3.05. The van der Waals surface area contributed by atoms with Crippen LogP contribution in [0.15, 0.2) is 23.4 Å². The van der Waals surface area contributed by atoms with Crippen LogP contribution in [-0.4, -0.2) is 43.5 Å². The Morgan fingerprint density at radius 2 is 2.32 bits per heavy atom. The zero-order chi connectivity index (χ0) is 13.9. The van der Waals surface area contributed by atoms with Gasteiger partial charge in [0.25, 0.3) is 10.0 Å². The molecule has 0 aliphatic carbocycles. The quantitative estimate of drug-likeness (QED) is 0.865. The van der Waals surface area contributed by atoms with Crippen molar-refractivity contribution in [3.63, 3.8) is 0 Å². The Bertz CT molecular complexity index is 516. The third-order valence-corrected chi connectivity index (χ3v) is 4.83. The van der Waals surface area contributed by atoms with Crippen molar-refractivity contribution in [2.24, 2.45) is 5.73 Å². The van der Waals surface area contributed by atoms with E-state index in [2.05, 4.69) is 4.98 Å². The first-order valence-electron chi connectivity index (χ1n) is 6.31. The molecule has 0 aromatic carbocycles. The van der Waals surface area contributed by atoms with E-state index < -0.39 is 10.0 Å². The van der Waals surface area contributed by atoms with Crippen LogP contribution in [0.25, 0.3) is 0 Å². The lowest BCUT2D eigenvalue weighted by molar-refractivity contribution is 0.0752. The highest BCUT2D eigenvalue weighted by atomic mass is 32.2. The molecule has 1 unspecified atom stereocenters. The lowest BCUT2D eigenvalue weighted by atomic mass is 10.3. The predicted molar refractivity (Wildman–Crippen MR) is 70.9 cm³/mol. The molecule has 1 saturated heterocycles. The van der Waals surface area contributed by atoms with Gasteiger partial charge in [0.15, 0.2) is 5.03 Å². The smallest absolute Gasteiger partial charge is 0.260 e. The van der Waals surface area contributed by atoms with E-state index in [1.54, 1.807) is 6.07 Å². The van der Waals surface area contributed by atoms with Gasteiger partial charge in [0.1, 0.15) is 0 Å². The molecule has 2 heterocycles. The molecule has 1 atom stereocenters. The summed E-state index contributed by atoms with van der Waals surface area (Å²) in [6, 6.07) is 3.20. The molecular formula is C12H19N3O3S. The van der Waals surface area contributed by atoms with E-state index >= 15 is 0 Å². The fraction of sp³-hybridized carbons (Fsp3) is 0.583. The van der Waals surface area contributed by atoms with Gasteiger partial charge >= 0.3 is 0 Å². The van der Waals surface area contributed by atoms with Gasteiger partial charge < -0.3 is 10.5 Å². The molecule has 1 fully saturated rings. The molecule has 1 aliphatic heterocycles. The minimum atomic E-state index is -3.54. The number of hydrogen-bond donors (Lipinski definition) is 1. The maximum atomic E-state index is 12.5. The van der Waals surface area contributed by atoms with Gasteiger partial charge in [-0.3, -0.25) is 0 Å². The maximum Gasteiger partial charge on any atom is 0.260 e. The maximum absolute atomic E-state index is 12.5. The Labute approximate surface area is 113 Å². The second-order valence-electron chi connectivity index (χ2n) is 4.61. The van der Waals surface area contributed by atoms with Gasteiger partial charge in [0.05, 0.1) is 6.10 Å². The second kappa shape index (κ2) is 5.96. The monoisotopic (exact) mass is 285 g/mol. The summed E-state index contributed by atoms with van der Waals surface area (Å²) >= 11 is 0. The minimum absolute atomic E-state index is 0.0683. The zero-order valence-electron chi connectivity index (χ0n) is 10.9. The topological polar surface area (TPSA) is 85.5 Å². The van der Waals surface area contributed by atoms with Crippen LogP contribution >= 0.6 is 0 Å². The molecule has 2 N–H and O–H groups in total. The summed E-state index contributed by atoms with van der Waals surface area (Å²) in [7, 11) is -3.54. The van der Waals surface area contributed by atoms with Crippen LogP contribution < -0.4 is 5.73 Å². The molecule has 7 heteroatoms. The molecule has 106 valence electrons. The highest BCUT2D eigenvalue weighted by molar-refractivity contribution is 7.89. The molecule has 1 aromatic heterocycles. The van der Waals surface area contributed by atoms with Gasteiger partial charge in [0, 0.05) is 32.4 Å². The van der Waals surface area contributed by atoms with E-state index in [0.29, 0.717) is 32.7 Å². The van der Waals surface area contributed by atoms with E-state index in [9.17, 15) is 8.42 Å². The summed E-state index contributed by atoms with van der Waals surface area (Å²) < 4.78 is 31.8. The van der Waals surface area contributed by atoms with Crippen molar-refractivity contribution in [1.82, 2.24) is 9.29 Å². The average molecular weight is 285 g/mol. The predicted octanol–water partition coefficient (Wildman–Crippen LogP) is 0.340. The highest BCUT2D eigenvalue weighted by Crippen LogP contribution is 2.17. The first-order valence-corrected chi connectivity index (χ1v) is 7.75. The standard InChI is InChI=1S/C12H19N3O3S/c1-10-9-15(5-2-6-18-10)19(16,17)12-4-3-11(7-13)8-14-12/h3-4,8,10H,2,5-7,9,13H2,1H3. The number of nitrogens with zero attached hydrogens (tertiary/aromatic N) is 2. The normalized spacial score (nSPS) is 22.1. The number of pyridine rings is 1. The zero-order valence-corrected chi connectivity index (χ0v) is 11.8. The molecule has 6 nitrogen and oxygen atoms in total. The lowest BCUT2D eigenvalue weighted by Gasteiger charge is -2.21. The van der Waals surface area contributed by atoms with Gasteiger partial charge in [0.2, 0.25) is 0 Å². The number of rotatable bonds is 3. The van der Waals surface area contributed by atoms with Crippen molar-refractivity contribution in [1.29, 1.82) is 0 Å². The van der Waals surface area contributed by atoms with Crippen LogP contribution in [0.5, 0.6) is 0 Å². The van der Waals surface area contributed by atoms with Gasteiger partial charge in [-0.25, -0.2) is 13.4 Å². The molecular weight excluding hydrogens is 266 g/mol. The molecule has 19 heavy (non-hydrogen) atoms. The Morgan fingerprint density at radius 3 is 2.95 bits per heavy atom. The Hall–Kier alpha value is -1.02. The van der Waals surface area contributed by atoms with Crippen LogP contribution in [-0.2, 0) is 21.3 Å². The fourth-order valence-electron chi connectivity index (χ4n) is 1.99. The number of nitrogens with two attached hydrogens (primary N) is 1. The lowest BCUT2D eigenvalue weighted by Crippen LogP contribution is -2.36. The number of ether oxygens (including phenoxy) is 1. The molecule has 2 rings (SSSR count). The molecule has 1 aliphatic rings. The van der Waals surface area contributed by atoms with Crippen molar-refractivity contribution in [2.45, 2.75) is 31.0 Å². The van der Waals surface area contributed by atoms with Crippen molar-refractivity contribution in [2.75, 3.05) is 19.7 Å². The fourth-order valence-corrected chi connectivity index (χ4v) is 3.46. The highest BCUT2D eigenvalue weighted by Gasteiger charge is 2.28. The summed E-state index contributed by atoms with van der Waals surface area (Å²) in [4.78, 5) is 4.00. The molecule has 1 aromatic rings. The Morgan fingerprint density at radius 1 is 1.53 bits per heavy atom. The van der Waals surface area contributed by atoms with E-state index in [4.69, 9.17) is 10.5 Å². The van der Waals surface area contributed by atoms with E-state index in [1.807, 2.05) is 6.92 Å². The Kier molecular flexibility index (Phi) is 4.51. The van der Waals surface area contributed by atoms with Gasteiger partial charge in [-0.2, -0.15) is 4.31 Å². The first-order chi connectivity index (χ1) is 9.04. The van der Waals surface area contributed by atoms with Gasteiger partial charge in [-0.15, -0.1) is 0 Å². The minimum Gasteiger partial charge on any atom is -0.377 e. The van der Waals surface area contributed by atoms with Crippen molar-refractivity contribution in [3.8, 4) is 0 Å². The van der Waals surface area contributed by atoms with Crippen molar-refractivity contribution >= 4 is 10.0 Å². The molecule has 0 bridgehead atoms. The molecule has 0 saturated carbocycles. The van der Waals surface area contributed by atoms with Crippen molar-refractivity contribution < 1.29 is 13.2 Å². The van der Waals surface area contributed by atoms with E-state index in [0.717, 1.165) is 5.56 Å². The summed E-state index contributed by atoms with van der Waals surface area (Å²) in [5.74, 6) is 0. The first kappa shape index (κ1) is 14.4. The van der Waals surface area contributed by atoms with Crippen LogP contribution in [0.1, 0.15) is 18.9 Å². The van der Waals surface area contributed by atoms with E-state index in [1.165, 1.54) is 16.6 Å². The molecule has 0 spiro atoms. The summed E-state index contributed by atoms with van der Waals surface area (Å²) in [6.07, 6.45) is 2.11. The van der Waals surface area contributed by atoms with Crippen LogP contribution in [0.2, 0.25) is 0 Å². The van der Waals surface area contributed by atoms with Crippen LogP contribution in [0, 0.1) is 0 Å². The van der Waals surface area contributed by atoms with Gasteiger partial charge in [-0.1, -0.05) is 6.07 Å². The number of aromatic nitrogens is 1. The molecule has 0 amide bonds. The van der Waals surface area contributed by atoms with E-state index in [-0.39, 0.29) is 11.1 Å². The molecule has 0 radical (unpaired) electrons. The third kappa shape index (κ3) is 3.30. The average Bonchev–Trinajstić information content (AvgIpc) is 2.64. The van der Waals surface area contributed by atoms with Crippen molar-refractivity contribution in [3.05, 3.63) is 23.9 Å². The summed E-state index contributed by atoms with van der Waals surface area (Å²) in [5, 5.41) is 0.0683. The van der Waals surface area contributed by atoms with Crippen LogP contribution in [0.4, 0.5) is 0 Å². The number of hydrogen-bond acceptors (Lipinski definition) is 5. The summed E-state index contributed by atoms with van der Waals surface area (Å²) in [6.45, 7) is 3.64. The second-order valence-corrected chi connectivity index (χ2v) is 6.49. The number of sulfonamides is 1. The Balaban J connectivity index is 2.24. The summed E-state index contributed by atoms with van der Waals surface area (Å²) in [5.41, 5.74) is 6.29. The van der Waals surface area contributed by atoms with Gasteiger partial charge in [-0.05, 0) is 25.0 Å². The van der Waals surface area contributed by atoms with Crippen LogP contribution in [0.3, 0.4) is 0 Å².